The maximum Gasteiger partial charge on any atom is 0.161 e. The third-order valence-electron chi connectivity index (χ3n) is 2.90. The summed E-state index contributed by atoms with van der Waals surface area (Å²) >= 11 is 4.36. The van der Waals surface area contributed by atoms with Gasteiger partial charge in [0, 0.05) is 22.7 Å². The third kappa shape index (κ3) is 2.11. The fourth-order valence-corrected chi connectivity index (χ4v) is 2.26. The molecular weight excluding hydrogens is 230 g/mol. The van der Waals surface area contributed by atoms with Crippen LogP contribution in [0, 0.1) is 0 Å². The van der Waals surface area contributed by atoms with E-state index in [1.54, 1.807) is 0 Å². The second kappa shape index (κ2) is 4.34. The van der Waals surface area contributed by atoms with E-state index in [2.05, 4.69) is 35.7 Å². The fourth-order valence-electron chi connectivity index (χ4n) is 2.03. The van der Waals surface area contributed by atoms with Crippen molar-refractivity contribution in [2.75, 3.05) is 11.6 Å². The van der Waals surface area contributed by atoms with Gasteiger partial charge in [-0.1, -0.05) is 18.2 Å². The van der Waals surface area contributed by atoms with Crippen LogP contribution >= 0.6 is 12.6 Å². The molecule has 0 bridgehead atoms. The third-order valence-corrected chi connectivity index (χ3v) is 3.18. The molecule has 0 saturated carbocycles. The summed E-state index contributed by atoms with van der Waals surface area (Å²) in [5, 5.41) is 0. The molecule has 86 valence electrons. The zero-order valence-electron chi connectivity index (χ0n) is 9.34. The summed E-state index contributed by atoms with van der Waals surface area (Å²) in [4.78, 5) is 3.18. The zero-order valence-corrected chi connectivity index (χ0v) is 10.2. The first-order valence-electron chi connectivity index (χ1n) is 5.57. The Kier molecular flexibility index (Phi) is 2.69. The fraction of sp³-hybridized carbons (Fsp3) is 0.143. The topological polar surface area (TPSA) is 12.5 Å². The van der Waals surface area contributed by atoms with Crippen LogP contribution in [-0.2, 0) is 6.54 Å². The predicted octanol–water partition coefficient (Wildman–Crippen LogP) is 3.33. The van der Waals surface area contributed by atoms with Crippen molar-refractivity contribution in [2.24, 2.45) is 0 Å². The maximum atomic E-state index is 5.74. The van der Waals surface area contributed by atoms with E-state index in [0.29, 0.717) is 6.73 Å². The van der Waals surface area contributed by atoms with Gasteiger partial charge in [0.1, 0.15) is 5.75 Å². The number of benzene rings is 2. The van der Waals surface area contributed by atoms with Gasteiger partial charge in [0.05, 0.1) is 0 Å². The minimum absolute atomic E-state index is 0.600. The summed E-state index contributed by atoms with van der Waals surface area (Å²) < 4.78 is 5.74. The molecule has 0 atom stereocenters. The molecule has 3 heteroatoms. The van der Waals surface area contributed by atoms with Gasteiger partial charge in [-0.15, -0.1) is 12.6 Å². The average Bonchev–Trinajstić information content (AvgIpc) is 2.39. The van der Waals surface area contributed by atoms with E-state index in [1.807, 2.05) is 30.3 Å². The van der Waals surface area contributed by atoms with E-state index in [-0.39, 0.29) is 0 Å². The quantitative estimate of drug-likeness (QED) is 0.771. The van der Waals surface area contributed by atoms with E-state index in [4.69, 9.17) is 4.74 Å². The van der Waals surface area contributed by atoms with E-state index in [0.717, 1.165) is 17.2 Å². The molecule has 0 fully saturated rings. The van der Waals surface area contributed by atoms with Gasteiger partial charge in [-0.2, -0.15) is 0 Å². The highest BCUT2D eigenvalue weighted by Crippen LogP contribution is 2.29. The van der Waals surface area contributed by atoms with Gasteiger partial charge in [0.25, 0.3) is 0 Å². The Balaban J connectivity index is 1.90. The van der Waals surface area contributed by atoms with Crippen LogP contribution in [-0.4, -0.2) is 6.73 Å². The summed E-state index contributed by atoms with van der Waals surface area (Å²) in [6.45, 7) is 1.47. The largest absolute Gasteiger partial charge is 0.473 e. The number of thiol groups is 1. The van der Waals surface area contributed by atoms with Crippen LogP contribution in [0.4, 0.5) is 5.69 Å². The molecule has 0 amide bonds. The molecule has 3 rings (SSSR count). The second-order valence-electron chi connectivity index (χ2n) is 4.10. The van der Waals surface area contributed by atoms with E-state index in [1.165, 1.54) is 11.3 Å². The zero-order chi connectivity index (χ0) is 11.7. The Hall–Kier alpha value is -1.61. The highest BCUT2D eigenvalue weighted by molar-refractivity contribution is 7.80. The van der Waals surface area contributed by atoms with Crippen LogP contribution in [0.25, 0.3) is 0 Å². The van der Waals surface area contributed by atoms with Gasteiger partial charge in [0.2, 0.25) is 0 Å². The van der Waals surface area contributed by atoms with E-state index >= 15 is 0 Å². The first-order valence-corrected chi connectivity index (χ1v) is 6.02. The minimum Gasteiger partial charge on any atom is -0.473 e. The number of para-hydroxylation sites is 1. The van der Waals surface area contributed by atoms with Gasteiger partial charge in [-0.05, 0) is 30.3 Å². The summed E-state index contributed by atoms with van der Waals surface area (Å²) in [7, 11) is 0. The number of anilines is 1. The summed E-state index contributed by atoms with van der Waals surface area (Å²) in [6, 6.07) is 16.3. The Bertz CT molecular complexity index is 527. The van der Waals surface area contributed by atoms with Gasteiger partial charge in [-0.3, -0.25) is 0 Å². The van der Waals surface area contributed by atoms with Crippen molar-refractivity contribution >= 4 is 18.3 Å². The average molecular weight is 243 g/mol. The first kappa shape index (κ1) is 10.5. The molecule has 0 N–H and O–H groups in total. The lowest BCUT2D eigenvalue weighted by Crippen LogP contribution is -2.31. The van der Waals surface area contributed by atoms with Crippen LogP contribution in [0.2, 0.25) is 0 Å². The van der Waals surface area contributed by atoms with Crippen LogP contribution in [0.5, 0.6) is 5.75 Å². The molecule has 0 saturated heterocycles. The lowest BCUT2D eigenvalue weighted by atomic mass is 10.1. The van der Waals surface area contributed by atoms with Gasteiger partial charge in [0.15, 0.2) is 6.73 Å². The van der Waals surface area contributed by atoms with Crippen LogP contribution in [0.3, 0.4) is 0 Å². The number of fused-ring (bicyclic) bond motifs is 1. The van der Waals surface area contributed by atoms with Crippen molar-refractivity contribution in [3.05, 3.63) is 54.1 Å². The van der Waals surface area contributed by atoms with Crippen LogP contribution in [0.15, 0.2) is 53.4 Å². The molecule has 17 heavy (non-hydrogen) atoms. The SMILES string of the molecule is Sc1ccc2c(c1)CN(c1ccccc1)CO2. The van der Waals surface area contributed by atoms with Crippen LogP contribution in [0.1, 0.15) is 5.56 Å². The molecule has 2 nitrogen and oxygen atoms in total. The lowest BCUT2D eigenvalue weighted by Gasteiger charge is -2.30. The number of ether oxygens (including phenoxy) is 1. The smallest absolute Gasteiger partial charge is 0.161 e. The molecule has 0 aromatic heterocycles. The second-order valence-corrected chi connectivity index (χ2v) is 4.62. The van der Waals surface area contributed by atoms with Crippen molar-refractivity contribution in [3.63, 3.8) is 0 Å². The predicted molar refractivity (Wildman–Crippen MR) is 71.8 cm³/mol. The summed E-state index contributed by atoms with van der Waals surface area (Å²) in [6.07, 6.45) is 0. The van der Waals surface area contributed by atoms with Crippen molar-refractivity contribution in [1.82, 2.24) is 0 Å². The summed E-state index contributed by atoms with van der Waals surface area (Å²) in [5.41, 5.74) is 2.37. The Morgan fingerprint density at radius 2 is 1.88 bits per heavy atom. The Morgan fingerprint density at radius 1 is 1.06 bits per heavy atom. The van der Waals surface area contributed by atoms with Gasteiger partial charge in [-0.25, -0.2) is 0 Å². The Morgan fingerprint density at radius 3 is 2.71 bits per heavy atom. The van der Waals surface area contributed by atoms with E-state index < -0.39 is 0 Å². The van der Waals surface area contributed by atoms with Gasteiger partial charge < -0.3 is 9.64 Å². The normalized spacial score (nSPS) is 14.1. The highest BCUT2D eigenvalue weighted by Gasteiger charge is 2.17. The van der Waals surface area contributed by atoms with E-state index in [9.17, 15) is 0 Å². The lowest BCUT2D eigenvalue weighted by molar-refractivity contribution is 0.289. The standard InChI is InChI=1S/C14H13NOS/c17-13-6-7-14-11(8-13)9-15(10-16-14)12-4-2-1-3-5-12/h1-8,17H,9-10H2. The Labute approximate surface area is 106 Å². The first-order chi connectivity index (χ1) is 8.33. The molecule has 1 heterocycles. The number of nitrogens with zero attached hydrogens (tertiary/aromatic N) is 1. The molecular formula is C14H13NOS. The number of hydrogen-bond donors (Lipinski definition) is 1. The highest BCUT2D eigenvalue weighted by atomic mass is 32.1. The number of hydrogen-bond acceptors (Lipinski definition) is 3. The summed E-state index contributed by atoms with van der Waals surface area (Å²) in [5.74, 6) is 0.968. The molecule has 0 spiro atoms. The van der Waals surface area contributed by atoms with Crippen LogP contribution < -0.4 is 9.64 Å². The molecule has 2 aromatic carbocycles. The molecule has 0 radical (unpaired) electrons. The van der Waals surface area contributed by atoms with Crippen molar-refractivity contribution in [3.8, 4) is 5.75 Å². The number of rotatable bonds is 1. The van der Waals surface area contributed by atoms with Gasteiger partial charge >= 0.3 is 0 Å². The molecule has 0 unspecified atom stereocenters. The van der Waals surface area contributed by atoms with Crippen molar-refractivity contribution in [1.29, 1.82) is 0 Å². The monoisotopic (exact) mass is 243 g/mol. The van der Waals surface area contributed by atoms with Crippen molar-refractivity contribution in [2.45, 2.75) is 11.4 Å². The minimum atomic E-state index is 0.600. The maximum absolute atomic E-state index is 5.74. The molecule has 0 aliphatic carbocycles. The molecule has 1 aliphatic rings. The molecule has 1 aliphatic heterocycles. The molecule has 2 aromatic rings. The van der Waals surface area contributed by atoms with Crippen molar-refractivity contribution < 1.29 is 4.74 Å².